The molecule has 0 aromatic carbocycles. The highest BCUT2D eigenvalue weighted by Crippen LogP contribution is 2.28. The number of hydrogen-bond donors (Lipinski definition) is 2. The molecule has 2 N–H and O–H groups in total. The molecule has 2 aliphatic heterocycles. The summed E-state index contributed by atoms with van der Waals surface area (Å²) in [6.45, 7) is 4.67. The second-order valence-electron chi connectivity index (χ2n) is 6.90. The number of nitrogens with one attached hydrogen (secondary N) is 2. The Labute approximate surface area is 152 Å². The first-order valence-electron chi connectivity index (χ1n) is 9.19. The summed E-state index contributed by atoms with van der Waals surface area (Å²) >= 11 is 0. The van der Waals surface area contributed by atoms with E-state index in [9.17, 15) is 4.79 Å². The van der Waals surface area contributed by atoms with Crippen LogP contribution < -0.4 is 15.4 Å². The lowest BCUT2D eigenvalue weighted by Gasteiger charge is -2.36. The molecule has 0 bridgehead atoms. The van der Waals surface area contributed by atoms with Crippen LogP contribution in [0.4, 0.5) is 0 Å². The van der Waals surface area contributed by atoms with Gasteiger partial charge < -0.3 is 19.9 Å². The van der Waals surface area contributed by atoms with Gasteiger partial charge in [-0.2, -0.15) is 0 Å². The summed E-state index contributed by atoms with van der Waals surface area (Å²) in [4.78, 5) is 17.4. The molecule has 0 aliphatic carbocycles. The van der Waals surface area contributed by atoms with Crippen LogP contribution in [0, 0.1) is 6.92 Å². The summed E-state index contributed by atoms with van der Waals surface area (Å²) in [5.74, 6) is 2.38. The number of pyridine rings is 1. The van der Waals surface area contributed by atoms with E-state index in [1.54, 1.807) is 6.20 Å². The summed E-state index contributed by atoms with van der Waals surface area (Å²) in [5.41, 5.74) is -0.0964. The Morgan fingerprint density at radius 2 is 2.23 bits per heavy atom. The standard InChI is InChI=1S/C18H24N6O2/c1-13-14(4-2-8-20-13)26-18(6-9-19-10-7-18)17(25)21-12-16-23-22-15-5-3-11-24(15)16/h2,4,8,19H,3,5-7,9-12H2,1H3,(H,21,25). The predicted octanol–water partition coefficient (Wildman–Crippen LogP) is 0.745. The van der Waals surface area contributed by atoms with E-state index >= 15 is 0 Å². The second-order valence-corrected chi connectivity index (χ2v) is 6.90. The highest BCUT2D eigenvalue weighted by atomic mass is 16.5. The zero-order valence-electron chi connectivity index (χ0n) is 15.0. The van der Waals surface area contributed by atoms with Crippen molar-refractivity contribution in [3.63, 3.8) is 0 Å². The molecule has 2 aromatic heterocycles. The van der Waals surface area contributed by atoms with E-state index in [1.807, 2.05) is 19.1 Å². The number of fused-ring (bicyclic) bond motifs is 1. The SMILES string of the molecule is Cc1ncccc1OC1(C(=O)NCc2nnc3n2CCC3)CCNCC1. The van der Waals surface area contributed by atoms with Crippen LogP contribution in [-0.4, -0.2) is 44.3 Å². The van der Waals surface area contributed by atoms with Crippen LogP contribution in [0.15, 0.2) is 18.3 Å². The maximum Gasteiger partial charge on any atom is 0.264 e. The van der Waals surface area contributed by atoms with Crippen LogP contribution in [0.25, 0.3) is 0 Å². The van der Waals surface area contributed by atoms with Gasteiger partial charge in [-0.1, -0.05) is 0 Å². The third-order valence-electron chi connectivity index (χ3n) is 5.18. The number of aryl methyl sites for hydroxylation is 2. The molecule has 0 unspecified atom stereocenters. The first kappa shape index (κ1) is 17.0. The number of hydrogen-bond acceptors (Lipinski definition) is 6. The second kappa shape index (κ2) is 7.03. The Hall–Kier alpha value is -2.48. The number of rotatable bonds is 5. The Balaban J connectivity index is 1.50. The van der Waals surface area contributed by atoms with E-state index < -0.39 is 5.60 Å². The third kappa shape index (κ3) is 3.16. The highest BCUT2D eigenvalue weighted by Gasteiger charge is 2.42. The fraction of sp³-hybridized carbons (Fsp3) is 0.556. The van der Waals surface area contributed by atoms with Gasteiger partial charge in [-0.05, 0) is 38.6 Å². The number of aromatic nitrogens is 4. The van der Waals surface area contributed by atoms with Crippen LogP contribution in [-0.2, 0) is 24.3 Å². The van der Waals surface area contributed by atoms with Crippen molar-refractivity contribution in [2.75, 3.05) is 13.1 Å². The third-order valence-corrected chi connectivity index (χ3v) is 5.18. The average molecular weight is 356 g/mol. The van der Waals surface area contributed by atoms with E-state index in [-0.39, 0.29) is 5.91 Å². The monoisotopic (exact) mass is 356 g/mol. The Morgan fingerprint density at radius 3 is 3.04 bits per heavy atom. The maximum absolute atomic E-state index is 13.1. The van der Waals surface area contributed by atoms with E-state index in [0.717, 1.165) is 49.8 Å². The molecule has 4 heterocycles. The molecule has 1 saturated heterocycles. The van der Waals surface area contributed by atoms with Gasteiger partial charge in [0.2, 0.25) is 0 Å². The van der Waals surface area contributed by atoms with Crippen LogP contribution in [0.2, 0.25) is 0 Å². The van der Waals surface area contributed by atoms with Crippen molar-refractivity contribution in [2.24, 2.45) is 0 Å². The number of ether oxygens (including phenoxy) is 1. The minimum atomic E-state index is -0.882. The number of carbonyl (C=O) groups excluding carboxylic acids is 1. The molecule has 1 amide bonds. The molecule has 138 valence electrons. The van der Waals surface area contributed by atoms with Crippen LogP contribution >= 0.6 is 0 Å². The van der Waals surface area contributed by atoms with Crippen LogP contribution in [0.3, 0.4) is 0 Å². The normalized spacial score (nSPS) is 18.3. The molecule has 2 aliphatic rings. The molecular formula is C18H24N6O2. The van der Waals surface area contributed by atoms with Crippen molar-refractivity contribution in [1.82, 2.24) is 30.4 Å². The van der Waals surface area contributed by atoms with Gasteiger partial charge >= 0.3 is 0 Å². The zero-order valence-corrected chi connectivity index (χ0v) is 15.0. The van der Waals surface area contributed by atoms with Crippen molar-refractivity contribution >= 4 is 5.91 Å². The summed E-state index contributed by atoms with van der Waals surface area (Å²) in [5, 5.41) is 14.7. The Morgan fingerprint density at radius 1 is 1.38 bits per heavy atom. The Bertz CT molecular complexity index is 797. The van der Waals surface area contributed by atoms with Gasteiger partial charge in [-0.3, -0.25) is 9.78 Å². The topological polar surface area (TPSA) is 94.0 Å². The molecular weight excluding hydrogens is 332 g/mol. The molecule has 8 nitrogen and oxygen atoms in total. The maximum atomic E-state index is 13.1. The predicted molar refractivity (Wildman–Crippen MR) is 94.6 cm³/mol. The minimum absolute atomic E-state index is 0.0994. The molecule has 4 rings (SSSR count). The van der Waals surface area contributed by atoms with Crippen LogP contribution in [0.1, 0.15) is 36.6 Å². The van der Waals surface area contributed by atoms with E-state index in [0.29, 0.717) is 25.1 Å². The Kier molecular flexibility index (Phi) is 4.58. The summed E-state index contributed by atoms with van der Waals surface area (Å²) in [6, 6.07) is 3.69. The largest absolute Gasteiger partial charge is 0.475 e. The molecule has 1 fully saturated rings. The average Bonchev–Trinajstić information content (AvgIpc) is 3.26. The van der Waals surface area contributed by atoms with Crippen molar-refractivity contribution < 1.29 is 9.53 Å². The first-order chi connectivity index (χ1) is 12.7. The summed E-state index contributed by atoms with van der Waals surface area (Å²) < 4.78 is 8.34. The number of nitrogens with zero attached hydrogens (tertiary/aromatic N) is 4. The lowest BCUT2D eigenvalue weighted by molar-refractivity contribution is -0.139. The molecule has 0 spiro atoms. The van der Waals surface area contributed by atoms with Crippen molar-refractivity contribution in [3.05, 3.63) is 35.7 Å². The van der Waals surface area contributed by atoms with Gasteiger partial charge in [0.25, 0.3) is 5.91 Å². The summed E-state index contributed by atoms with van der Waals surface area (Å²) in [6.07, 6.45) is 5.00. The molecule has 0 atom stereocenters. The molecule has 26 heavy (non-hydrogen) atoms. The van der Waals surface area contributed by atoms with Crippen LogP contribution in [0.5, 0.6) is 5.75 Å². The van der Waals surface area contributed by atoms with Crippen molar-refractivity contribution in [3.8, 4) is 5.75 Å². The number of amides is 1. The van der Waals surface area contributed by atoms with Gasteiger partial charge in [0.1, 0.15) is 11.6 Å². The highest BCUT2D eigenvalue weighted by molar-refractivity contribution is 5.85. The van der Waals surface area contributed by atoms with Gasteiger partial charge in [0.05, 0.1) is 12.2 Å². The molecule has 0 radical (unpaired) electrons. The van der Waals surface area contributed by atoms with Crippen molar-refractivity contribution in [1.29, 1.82) is 0 Å². The number of carbonyl (C=O) groups is 1. The fourth-order valence-corrected chi connectivity index (χ4v) is 3.66. The molecule has 8 heteroatoms. The number of piperidine rings is 1. The molecule has 2 aromatic rings. The van der Waals surface area contributed by atoms with Crippen molar-refractivity contribution in [2.45, 2.75) is 51.3 Å². The fourth-order valence-electron chi connectivity index (χ4n) is 3.66. The summed E-state index contributed by atoms with van der Waals surface area (Å²) in [7, 11) is 0. The quantitative estimate of drug-likeness (QED) is 0.821. The lowest BCUT2D eigenvalue weighted by atomic mass is 9.90. The first-order valence-corrected chi connectivity index (χ1v) is 9.19. The minimum Gasteiger partial charge on any atom is -0.475 e. The van der Waals surface area contributed by atoms with E-state index in [2.05, 4.69) is 30.4 Å². The van der Waals surface area contributed by atoms with E-state index in [4.69, 9.17) is 4.74 Å². The van der Waals surface area contributed by atoms with Gasteiger partial charge in [0, 0.05) is 32.0 Å². The van der Waals surface area contributed by atoms with E-state index in [1.165, 1.54) is 0 Å². The smallest absolute Gasteiger partial charge is 0.264 e. The van der Waals surface area contributed by atoms with Gasteiger partial charge in [-0.15, -0.1) is 10.2 Å². The zero-order chi connectivity index (χ0) is 18.0. The van der Waals surface area contributed by atoms with Gasteiger partial charge in [0.15, 0.2) is 11.4 Å². The van der Waals surface area contributed by atoms with Gasteiger partial charge in [-0.25, -0.2) is 0 Å². The lowest BCUT2D eigenvalue weighted by Crippen LogP contribution is -2.56. The molecule has 0 saturated carbocycles.